The molecule has 1 rings (SSSR count). The molecule has 2 N–H and O–H groups in total. The fourth-order valence-corrected chi connectivity index (χ4v) is 1.42. The summed E-state index contributed by atoms with van der Waals surface area (Å²) >= 11 is 0. The summed E-state index contributed by atoms with van der Waals surface area (Å²) in [5, 5.41) is 18.1. The predicted octanol–water partition coefficient (Wildman–Crippen LogP) is -0.719. The van der Waals surface area contributed by atoms with Gasteiger partial charge < -0.3 is 14.8 Å². The van der Waals surface area contributed by atoms with Gasteiger partial charge in [-0.3, -0.25) is 4.79 Å². The first-order valence-electron chi connectivity index (χ1n) is 4.39. The molecule has 15 heavy (non-hydrogen) atoms. The Morgan fingerprint density at radius 1 is 1.53 bits per heavy atom. The lowest BCUT2D eigenvalue weighted by molar-refractivity contribution is 0.101. The van der Waals surface area contributed by atoms with Crippen LogP contribution in [0.1, 0.15) is 22.8 Å². The first kappa shape index (κ1) is 11.7. The number of Topliss-reactive ketones (excluding diaryl/α,β-unsaturated/α-hetero) is 1. The SMILES string of the molecule is COc1ncc(B(O)O)c(C)c1C(C)=O. The van der Waals surface area contributed by atoms with Crippen LogP contribution in [0.3, 0.4) is 0 Å². The van der Waals surface area contributed by atoms with Gasteiger partial charge in [0.15, 0.2) is 5.78 Å². The average molecular weight is 209 g/mol. The predicted molar refractivity (Wildman–Crippen MR) is 55.4 cm³/mol. The molecule has 0 aromatic carbocycles. The Labute approximate surface area is 87.9 Å². The lowest BCUT2D eigenvalue weighted by atomic mass is 9.77. The zero-order chi connectivity index (χ0) is 11.6. The summed E-state index contributed by atoms with van der Waals surface area (Å²) in [6.45, 7) is 3.00. The van der Waals surface area contributed by atoms with Crippen LogP contribution in [0.4, 0.5) is 0 Å². The summed E-state index contributed by atoms with van der Waals surface area (Å²) < 4.78 is 4.93. The normalized spacial score (nSPS) is 9.93. The second-order valence-electron chi connectivity index (χ2n) is 3.15. The van der Waals surface area contributed by atoms with Gasteiger partial charge in [0, 0.05) is 11.7 Å². The summed E-state index contributed by atoms with van der Waals surface area (Å²) in [5.74, 6) is -0.0243. The minimum absolute atomic E-state index is 0.199. The Kier molecular flexibility index (Phi) is 3.44. The molecule has 0 amide bonds. The fraction of sp³-hybridized carbons (Fsp3) is 0.333. The molecule has 1 heterocycles. The zero-order valence-electron chi connectivity index (χ0n) is 8.81. The van der Waals surface area contributed by atoms with E-state index in [1.54, 1.807) is 6.92 Å². The number of ether oxygens (including phenoxy) is 1. The third-order valence-corrected chi connectivity index (χ3v) is 2.17. The topological polar surface area (TPSA) is 79.7 Å². The van der Waals surface area contributed by atoms with Crippen molar-refractivity contribution in [3.05, 3.63) is 17.3 Å². The standard InChI is InChI=1S/C9H12BNO4/c1-5-7(10(13)14)4-11-9(15-3)8(5)6(2)12/h4,13-14H,1-3H3. The molecule has 0 aliphatic rings. The monoisotopic (exact) mass is 209 g/mol. The van der Waals surface area contributed by atoms with Gasteiger partial charge >= 0.3 is 7.12 Å². The largest absolute Gasteiger partial charge is 0.490 e. The minimum atomic E-state index is -1.64. The molecule has 6 heteroatoms. The highest BCUT2D eigenvalue weighted by molar-refractivity contribution is 6.59. The van der Waals surface area contributed by atoms with E-state index in [-0.39, 0.29) is 22.7 Å². The van der Waals surface area contributed by atoms with Crippen molar-refractivity contribution in [2.24, 2.45) is 0 Å². The molecule has 0 fully saturated rings. The molecule has 0 aliphatic carbocycles. The summed E-state index contributed by atoms with van der Waals surface area (Å²) in [6, 6.07) is 0. The number of hydrogen-bond donors (Lipinski definition) is 2. The van der Waals surface area contributed by atoms with E-state index in [1.165, 1.54) is 20.2 Å². The molecule has 1 aromatic rings. The number of carbonyl (C=O) groups excluding carboxylic acids is 1. The number of hydrogen-bond acceptors (Lipinski definition) is 5. The van der Waals surface area contributed by atoms with E-state index in [4.69, 9.17) is 14.8 Å². The van der Waals surface area contributed by atoms with Crippen LogP contribution < -0.4 is 10.2 Å². The van der Waals surface area contributed by atoms with Crippen LogP contribution in [0, 0.1) is 6.92 Å². The summed E-state index contributed by atoms with van der Waals surface area (Å²) in [6.07, 6.45) is 1.28. The Bertz CT molecular complexity index is 392. The van der Waals surface area contributed by atoms with Crippen molar-refractivity contribution in [1.82, 2.24) is 4.98 Å². The molecular weight excluding hydrogens is 197 g/mol. The van der Waals surface area contributed by atoms with E-state index >= 15 is 0 Å². The van der Waals surface area contributed by atoms with E-state index in [9.17, 15) is 4.79 Å². The van der Waals surface area contributed by atoms with Gasteiger partial charge in [-0.25, -0.2) is 4.98 Å². The third-order valence-electron chi connectivity index (χ3n) is 2.17. The van der Waals surface area contributed by atoms with Gasteiger partial charge in [-0.05, 0) is 19.4 Å². The number of aromatic nitrogens is 1. The second-order valence-corrected chi connectivity index (χ2v) is 3.15. The lowest BCUT2D eigenvalue weighted by Gasteiger charge is -2.11. The van der Waals surface area contributed by atoms with Crippen LogP contribution >= 0.6 is 0 Å². The number of carbonyl (C=O) groups is 1. The van der Waals surface area contributed by atoms with Gasteiger partial charge in [-0.1, -0.05) is 0 Å². The zero-order valence-corrected chi connectivity index (χ0v) is 8.81. The molecule has 0 saturated carbocycles. The van der Waals surface area contributed by atoms with E-state index in [2.05, 4.69) is 4.98 Å². The molecule has 1 aromatic heterocycles. The Morgan fingerprint density at radius 2 is 2.13 bits per heavy atom. The molecule has 0 radical (unpaired) electrons. The van der Waals surface area contributed by atoms with Crippen molar-refractivity contribution >= 4 is 18.4 Å². The van der Waals surface area contributed by atoms with Gasteiger partial charge in [0.2, 0.25) is 5.88 Å². The third kappa shape index (κ3) is 2.16. The Morgan fingerprint density at radius 3 is 2.53 bits per heavy atom. The highest BCUT2D eigenvalue weighted by Crippen LogP contribution is 2.17. The Balaban J connectivity index is 3.42. The Hall–Kier alpha value is -1.40. The maximum Gasteiger partial charge on any atom is 0.490 e. The van der Waals surface area contributed by atoms with Crippen LogP contribution in [0.15, 0.2) is 6.20 Å². The molecule has 0 spiro atoms. The first-order valence-corrected chi connectivity index (χ1v) is 4.39. The van der Waals surface area contributed by atoms with Crippen LogP contribution in [0.25, 0.3) is 0 Å². The number of pyridine rings is 1. The maximum absolute atomic E-state index is 11.3. The van der Waals surface area contributed by atoms with Crippen molar-refractivity contribution in [2.75, 3.05) is 7.11 Å². The molecule has 0 bridgehead atoms. The van der Waals surface area contributed by atoms with Crippen LogP contribution in [-0.4, -0.2) is 35.0 Å². The van der Waals surface area contributed by atoms with Crippen molar-refractivity contribution in [1.29, 1.82) is 0 Å². The molecule has 0 aliphatic heterocycles. The molecule has 0 saturated heterocycles. The highest BCUT2D eigenvalue weighted by Gasteiger charge is 2.21. The number of rotatable bonds is 3. The fourth-order valence-electron chi connectivity index (χ4n) is 1.42. The van der Waals surface area contributed by atoms with Crippen molar-refractivity contribution < 1.29 is 19.6 Å². The van der Waals surface area contributed by atoms with Crippen molar-refractivity contribution in [2.45, 2.75) is 13.8 Å². The second kappa shape index (κ2) is 4.42. The maximum atomic E-state index is 11.3. The van der Waals surface area contributed by atoms with Gasteiger partial charge in [-0.2, -0.15) is 0 Å². The molecule has 80 valence electrons. The van der Waals surface area contributed by atoms with E-state index in [0.29, 0.717) is 5.56 Å². The van der Waals surface area contributed by atoms with Gasteiger partial charge in [0.25, 0.3) is 0 Å². The molecular formula is C9H12BNO4. The summed E-state index contributed by atoms with van der Waals surface area (Å²) in [7, 11) is -0.231. The highest BCUT2D eigenvalue weighted by atomic mass is 16.5. The smallest absolute Gasteiger partial charge is 0.480 e. The van der Waals surface area contributed by atoms with E-state index < -0.39 is 7.12 Å². The number of ketones is 1. The quantitative estimate of drug-likeness (QED) is 0.507. The van der Waals surface area contributed by atoms with Crippen molar-refractivity contribution in [3.8, 4) is 5.88 Å². The summed E-state index contributed by atoms with van der Waals surface area (Å²) in [4.78, 5) is 15.2. The first-order chi connectivity index (χ1) is 6.99. The number of methoxy groups -OCH3 is 1. The van der Waals surface area contributed by atoms with Gasteiger partial charge in [0.1, 0.15) is 0 Å². The number of nitrogens with zero attached hydrogens (tertiary/aromatic N) is 1. The average Bonchev–Trinajstić information content (AvgIpc) is 2.15. The summed E-state index contributed by atoms with van der Waals surface area (Å²) in [5.41, 5.74) is 0.966. The van der Waals surface area contributed by atoms with Crippen molar-refractivity contribution in [3.63, 3.8) is 0 Å². The molecule has 5 nitrogen and oxygen atoms in total. The van der Waals surface area contributed by atoms with E-state index in [0.717, 1.165) is 0 Å². The van der Waals surface area contributed by atoms with Gasteiger partial charge in [-0.15, -0.1) is 0 Å². The minimum Gasteiger partial charge on any atom is -0.480 e. The molecule has 0 atom stereocenters. The lowest BCUT2D eigenvalue weighted by Crippen LogP contribution is -2.34. The molecule has 0 unspecified atom stereocenters. The van der Waals surface area contributed by atoms with Crippen LogP contribution in [0.5, 0.6) is 5.88 Å². The van der Waals surface area contributed by atoms with Crippen LogP contribution in [0.2, 0.25) is 0 Å². The van der Waals surface area contributed by atoms with E-state index in [1.807, 2.05) is 0 Å². The van der Waals surface area contributed by atoms with Gasteiger partial charge in [0.05, 0.1) is 12.7 Å². The van der Waals surface area contributed by atoms with Crippen LogP contribution in [-0.2, 0) is 0 Å².